The third kappa shape index (κ3) is 4.46. The van der Waals surface area contributed by atoms with E-state index in [9.17, 15) is 0 Å². The second-order valence-electron chi connectivity index (χ2n) is 1.55. The number of hydrogen-bond acceptors (Lipinski definition) is 0. The number of halogens is 1. The maximum absolute atomic E-state index is 5.34. The van der Waals surface area contributed by atoms with Crippen molar-refractivity contribution in [1.82, 2.24) is 0 Å². The molecule has 0 aromatic heterocycles. The van der Waals surface area contributed by atoms with Crippen LogP contribution in [0.4, 0.5) is 0 Å². The molecule has 0 aliphatic carbocycles. The normalized spacial score (nSPS) is 8.00. The van der Waals surface area contributed by atoms with E-state index < -0.39 is 0 Å². The van der Waals surface area contributed by atoms with Crippen molar-refractivity contribution < 1.29 is 0 Å². The van der Waals surface area contributed by atoms with Gasteiger partial charge in [0, 0.05) is 0 Å². The molecule has 0 bridgehead atoms. The van der Waals surface area contributed by atoms with Gasteiger partial charge >= 0.3 is 38.8 Å². The molecular weight excluding hydrogens is 80.5 g/mol. The van der Waals surface area contributed by atoms with Crippen LogP contribution in [-0.2, 0) is 0 Å². The Labute approximate surface area is 39.6 Å². The summed E-state index contributed by atoms with van der Waals surface area (Å²) in [4.78, 5) is 0. The quantitative estimate of drug-likeness (QED) is 0.427. The second-order valence-corrected chi connectivity index (χ2v) is 1.86. The van der Waals surface area contributed by atoms with E-state index >= 15 is 0 Å². The fourth-order valence-electron chi connectivity index (χ4n) is 0. The molecule has 5 heavy (non-hydrogen) atoms. The summed E-state index contributed by atoms with van der Waals surface area (Å²) in [7, 11) is 0.778. The summed E-state index contributed by atoms with van der Waals surface area (Å²) in [5, 5.41) is 0. The molecule has 0 atom stereocenters. The van der Waals surface area contributed by atoms with E-state index in [4.69, 9.17) is 11.2 Å². The van der Waals surface area contributed by atoms with Crippen LogP contribution in [0.1, 0.15) is 13.8 Å². The zero-order valence-electron chi connectivity index (χ0n) is 3.66. The molecule has 0 N–H and O–H groups in total. The predicted molar refractivity (Wildman–Crippen MR) is 26.7 cm³/mol. The molecule has 0 nitrogen and oxygen atoms in total. The first-order chi connectivity index (χ1) is 2.27. The fraction of sp³-hybridized carbons (Fsp3) is 1.00. The number of rotatable bonds is 1. The maximum atomic E-state index is 5.34. The molecule has 0 aromatic carbocycles. The molecule has 0 spiro atoms. The van der Waals surface area contributed by atoms with Crippen molar-refractivity contribution in [1.29, 1.82) is 0 Å². The van der Waals surface area contributed by atoms with E-state index in [-0.39, 0.29) is 0 Å². The van der Waals surface area contributed by atoms with Gasteiger partial charge in [0.05, 0.1) is 0 Å². The van der Waals surface area contributed by atoms with Crippen LogP contribution in [0.5, 0.6) is 0 Å². The van der Waals surface area contributed by atoms with Crippen LogP contribution < -0.4 is 0 Å². The van der Waals surface area contributed by atoms with E-state index in [2.05, 4.69) is 13.8 Å². The summed E-state index contributed by atoms with van der Waals surface area (Å²) in [5.41, 5.74) is 0.650. The summed E-state index contributed by atoms with van der Waals surface area (Å²) in [6, 6.07) is 0. The van der Waals surface area contributed by atoms with Gasteiger partial charge in [0.1, 0.15) is 0 Å². The monoisotopic (exact) mass is 87.0 g/mol. The first kappa shape index (κ1) is 5.46. The van der Waals surface area contributed by atoms with Gasteiger partial charge < -0.3 is 0 Å². The van der Waals surface area contributed by atoms with Gasteiger partial charge in [0.2, 0.25) is 0 Å². The summed E-state index contributed by atoms with van der Waals surface area (Å²) < 4.78 is 0. The van der Waals surface area contributed by atoms with Gasteiger partial charge in [-0.05, 0) is 0 Å². The predicted octanol–water partition coefficient (Wildman–Crippen LogP) is 1.67. The third-order valence-corrected chi connectivity index (χ3v) is 0.926. The van der Waals surface area contributed by atoms with E-state index in [1.165, 1.54) is 0 Å². The third-order valence-electron chi connectivity index (χ3n) is 0.309. The minimum atomic E-state index is 0.650. The van der Waals surface area contributed by atoms with E-state index in [1.807, 2.05) is 0 Å². The fourth-order valence-corrected chi connectivity index (χ4v) is 0. The molecule has 0 rings (SSSR count). The molecule has 0 fully saturated rings. The van der Waals surface area contributed by atoms with Crippen LogP contribution in [0, 0.1) is 0 Å². The second kappa shape index (κ2) is 2.68. The first-order valence-corrected chi connectivity index (χ1v) is 2.36. The van der Waals surface area contributed by atoms with E-state index in [0.29, 0.717) is 5.63 Å². The summed E-state index contributed by atoms with van der Waals surface area (Å²) in [6.45, 7) is 4.18. The van der Waals surface area contributed by atoms with Gasteiger partial charge in [0.15, 0.2) is 0 Å². The molecule has 2 heteroatoms. The molecule has 0 saturated carbocycles. The summed E-state index contributed by atoms with van der Waals surface area (Å²) in [6.07, 6.45) is 0. The van der Waals surface area contributed by atoms with Crippen LogP contribution in [-0.4, -0.2) is 8.12 Å². The average molecular weight is 87.6 g/mol. The standard InChI is InChI=1S/C3H7.Be.ClH/c1-3-2;;/h3H,1-2H3;;1H/q;+1;/p-1. The van der Waals surface area contributed by atoms with E-state index in [1.54, 1.807) is 0 Å². The molecule has 0 aliphatic heterocycles. The zero-order valence-corrected chi connectivity index (χ0v) is 4.42. The Morgan fingerprint density at radius 1 is 1.60 bits per heavy atom. The Hall–Kier alpha value is 0.459. The zero-order chi connectivity index (χ0) is 4.28. The van der Waals surface area contributed by atoms with Crippen molar-refractivity contribution in [3.8, 4) is 0 Å². The van der Waals surface area contributed by atoms with Gasteiger partial charge in [-0.3, -0.25) is 0 Å². The van der Waals surface area contributed by atoms with E-state index in [0.717, 1.165) is 8.12 Å². The van der Waals surface area contributed by atoms with Crippen LogP contribution in [0.15, 0.2) is 0 Å². The van der Waals surface area contributed by atoms with Gasteiger partial charge in [0.25, 0.3) is 0 Å². The minimum absolute atomic E-state index is 0.650. The van der Waals surface area contributed by atoms with Crippen LogP contribution in [0.3, 0.4) is 0 Å². The van der Waals surface area contributed by atoms with Crippen molar-refractivity contribution in [2.24, 2.45) is 0 Å². The molecule has 0 radical (unpaired) electrons. The molecule has 0 heterocycles. The number of hydrogen-bond donors (Lipinski definition) is 0. The van der Waals surface area contributed by atoms with Crippen LogP contribution in [0.2, 0.25) is 5.63 Å². The van der Waals surface area contributed by atoms with Crippen LogP contribution in [0.25, 0.3) is 0 Å². The Balaban J connectivity index is 2.54. The van der Waals surface area contributed by atoms with Crippen LogP contribution >= 0.6 is 11.2 Å². The summed E-state index contributed by atoms with van der Waals surface area (Å²) in [5.74, 6) is 0. The first-order valence-electron chi connectivity index (χ1n) is 1.83. The molecule has 0 aromatic rings. The Kier molecular flexibility index (Phi) is 2.93. The topological polar surface area (TPSA) is 0 Å². The Bertz CT molecular complexity index is 20.9. The van der Waals surface area contributed by atoms with Crippen molar-refractivity contribution in [3.63, 3.8) is 0 Å². The molecule has 0 unspecified atom stereocenters. The van der Waals surface area contributed by atoms with Crippen molar-refractivity contribution in [3.05, 3.63) is 0 Å². The molecular formula is C3H7BeCl. The molecule has 28 valence electrons. The van der Waals surface area contributed by atoms with Crippen molar-refractivity contribution in [2.75, 3.05) is 0 Å². The average Bonchev–Trinajstić information content (AvgIpc) is 1.38. The van der Waals surface area contributed by atoms with Gasteiger partial charge in [-0.25, -0.2) is 0 Å². The Morgan fingerprint density at radius 2 is 1.80 bits per heavy atom. The summed E-state index contributed by atoms with van der Waals surface area (Å²) >= 11 is 5.34. The molecule has 0 amide bonds. The van der Waals surface area contributed by atoms with Crippen molar-refractivity contribution >= 4 is 19.3 Å². The Morgan fingerprint density at radius 3 is 1.80 bits per heavy atom. The van der Waals surface area contributed by atoms with Crippen molar-refractivity contribution in [2.45, 2.75) is 19.5 Å². The van der Waals surface area contributed by atoms with Gasteiger partial charge in [-0.15, -0.1) is 0 Å². The SMILES string of the molecule is C[CH](C)[Be][Cl]. The molecule has 0 aliphatic rings. The molecule has 0 saturated heterocycles. The van der Waals surface area contributed by atoms with Gasteiger partial charge in [-0.1, -0.05) is 0 Å². The van der Waals surface area contributed by atoms with Gasteiger partial charge in [-0.2, -0.15) is 0 Å².